The van der Waals surface area contributed by atoms with Crippen molar-refractivity contribution in [3.63, 3.8) is 0 Å². The fourth-order valence-corrected chi connectivity index (χ4v) is 2.73. The van der Waals surface area contributed by atoms with Gasteiger partial charge in [0, 0.05) is 11.3 Å². The van der Waals surface area contributed by atoms with E-state index in [2.05, 4.69) is 0 Å². The minimum absolute atomic E-state index is 0.172. The summed E-state index contributed by atoms with van der Waals surface area (Å²) in [7, 11) is 1.61. The summed E-state index contributed by atoms with van der Waals surface area (Å²) in [6, 6.07) is 14.8. The second kappa shape index (κ2) is 7.07. The van der Waals surface area contributed by atoms with Gasteiger partial charge in [-0.3, -0.25) is 10.1 Å². The first-order valence-corrected chi connectivity index (χ1v) is 7.40. The van der Waals surface area contributed by atoms with Crippen LogP contribution >= 0.6 is 0 Å². The van der Waals surface area contributed by atoms with Crippen LogP contribution in [0.1, 0.15) is 36.0 Å². The van der Waals surface area contributed by atoms with E-state index < -0.39 is 6.04 Å². The van der Waals surface area contributed by atoms with Gasteiger partial charge in [-0.1, -0.05) is 48.9 Å². The highest BCUT2D eigenvalue weighted by atomic mass is 16.6. The predicted octanol–water partition coefficient (Wildman–Crippen LogP) is 4.19. The summed E-state index contributed by atoms with van der Waals surface area (Å²) in [5, 5.41) is 11.5. The Morgan fingerprint density at radius 1 is 1.05 bits per heavy atom. The number of rotatable bonds is 6. The molecule has 0 saturated heterocycles. The molecular weight excluding hydrogens is 278 g/mol. The van der Waals surface area contributed by atoms with E-state index in [1.165, 1.54) is 0 Å². The van der Waals surface area contributed by atoms with Crippen molar-refractivity contribution in [1.29, 1.82) is 0 Å². The van der Waals surface area contributed by atoms with E-state index in [9.17, 15) is 10.1 Å². The maximum Gasteiger partial charge on any atom is 0.223 e. The molecule has 2 rings (SSSR count). The van der Waals surface area contributed by atoms with Gasteiger partial charge in [0.1, 0.15) is 5.75 Å². The second-order valence-electron chi connectivity index (χ2n) is 5.42. The van der Waals surface area contributed by atoms with E-state index in [0.717, 1.165) is 22.4 Å². The number of nitro groups is 1. The van der Waals surface area contributed by atoms with Crippen LogP contribution in [0, 0.1) is 17.0 Å². The topological polar surface area (TPSA) is 52.4 Å². The van der Waals surface area contributed by atoms with Crippen molar-refractivity contribution in [2.45, 2.75) is 32.2 Å². The Labute approximate surface area is 130 Å². The monoisotopic (exact) mass is 299 g/mol. The van der Waals surface area contributed by atoms with Crippen LogP contribution in [0.4, 0.5) is 0 Å². The molecular formula is C18H21NO3. The minimum atomic E-state index is -0.642. The number of benzene rings is 2. The molecule has 2 aromatic carbocycles. The number of ether oxygens (including phenoxy) is 1. The Bertz CT molecular complexity index is 620. The van der Waals surface area contributed by atoms with Crippen molar-refractivity contribution in [2.24, 2.45) is 0 Å². The first kappa shape index (κ1) is 16.0. The maximum atomic E-state index is 11.5. The van der Waals surface area contributed by atoms with Gasteiger partial charge < -0.3 is 4.74 Å². The van der Waals surface area contributed by atoms with E-state index in [4.69, 9.17) is 4.74 Å². The Kier molecular flexibility index (Phi) is 5.15. The lowest BCUT2D eigenvalue weighted by Crippen LogP contribution is -2.27. The summed E-state index contributed by atoms with van der Waals surface area (Å²) in [5.74, 6) is 0.493. The van der Waals surface area contributed by atoms with E-state index in [0.29, 0.717) is 6.42 Å². The van der Waals surface area contributed by atoms with Gasteiger partial charge in [0.2, 0.25) is 6.04 Å². The number of methoxy groups -OCH3 is 1. The highest BCUT2D eigenvalue weighted by Crippen LogP contribution is 2.32. The summed E-state index contributed by atoms with van der Waals surface area (Å²) < 4.78 is 5.17. The van der Waals surface area contributed by atoms with Crippen LogP contribution in [0.2, 0.25) is 0 Å². The largest absolute Gasteiger partial charge is 0.497 e. The maximum absolute atomic E-state index is 11.5. The van der Waals surface area contributed by atoms with Crippen LogP contribution in [0.5, 0.6) is 5.75 Å². The average Bonchev–Trinajstić information content (AvgIpc) is 2.53. The van der Waals surface area contributed by atoms with Crippen molar-refractivity contribution in [2.75, 3.05) is 7.11 Å². The van der Waals surface area contributed by atoms with E-state index in [-0.39, 0.29) is 10.8 Å². The first-order valence-electron chi connectivity index (χ1n) is 7.40. The predicted molar refractivity (Wildman–Crippen MR) is 87.1 cm³/mol. The van der Waals surface area contributed by atoms with Gasteiger partial charge in [-0.05, 0) is 30.2 Å². The summed E-state index contributed by atoms with van der Waals surface area (Å²) in [5.41, 5.74) is 3.05. The molecule has 0 aliphatic heterocycles. The molecule has 2 atom stereocenters. The van der Waals surface area contributed by atoms with Crippen LogP contribution in [-0.4, -0.2) is 18.1 Å². The van der Waals surface area contributed by atoms with Gasteiger partial charge >= 0.3 is 0 Å². The molecule has 2 unspecified atom stereocenters. The smallest absolute Gasteiger partial charge is 0.223 e. The molecule has 0 radical (unpaired) electrons. The highest BCUT2D eigenvalue weighted by Gasteiger charge is 2.32. The normalized spacial score (nSPS) is 13.4. The molecule has 116 valence electrons. The first-order chi connectivity index (χ1) is 10.6. The summed E-state index contributed by atoms with van der Waals surface area (Å²) in [6.45, 7) is 3.87. The van der Waals surface area contributed by atoms with Crippen LogP contribution in [0.3, 0.4) is 0 Å². The van der Waals surface area contributed by atoms with E-state index in [1.54, 1.807) is 7.11 Å². The molecule has 2 aromatic rings. The van der Waals surface area contributed by atoms with Crippen LogP contribution in [0.15, 0.2) is 48.5 Å². The van der Waals surface area contributed by atoms with Gasteiger partial charge in [0.15, 0.2) is 0 Å². The summed E-state index contributed by atoms with van der Waals surface area (Å²) in [4.78, 5) is 11.3. The highest BCUT2D eigenvalue weighted by molar-refractivity contribution is 5.38. The lowest BCUT2D eigenvalue weighted by Gasteiger charge is -2.21. The molecule has 4 heteroatoms. The minimum Gasteiger partial charge on any atom is -0.497 e. The zero-order valence-corrected chi connectivity index (χ0v) is 13.2. The van der Waals surface area contributed by atoms with Gasteiger partial charge in [-0.2, -0.15) is 0 Å². The van der Waals surface area contributed by atoms with Gasteiger partial charge in [0.25, 0.3) is 0 Å². The fourth-order valence-electron chi connectivity index (χ4n) is 2.73. The molecule has 4 nitrogen and oxygen atoms in total. The number of hydrogen-bond acceptors (Lipinski definition) is 3. The molecule has 0 aromatic heterocycles. The van der Waals surface area contributed by atoms with Crippen LogP contribution < -0.4 is 4.74 Å². The summed E-state index contributed by atoms with van der Waals surface area (Å²) in [6.07, 6.45) is 0.484. The molecule has 0 heterocycles. The van der Waals surface area contributed by atoms with Crippen molar-refractivity contribution in [1.82, 2.24) is 0 Å². The third kappa shape index (κ3) is 3.45. The Morgan fingerprint density at radius 2 is 1.55 bits per heavy atom. The Morgan fingerprint density at radius 3 is 1.95 bits per heavy atom. The molecule has 0 amide bonds. The molecule has 0 saturated carbocycles. The molecule has 0 spiro atoms. The quantitative estimate of drug-likeness (QED) is 0.593. The van der Waals surface area contributed by atoms with Crippen molar-refractivity contribution >= 4 is 0 Å². The van der Waals surface area contributed by atoms with Crippen LogP contribution in [0.25, 0.3) is 0 Å². The molecule has 22 heavy (non-hydrogen) atoms. The Balaban J connectivity index is 2.48. The van der Waals surface area contributed by atoms with Crippen LogP contribution in [-0.2, 0) is 0 Å². The number of aryl methyl sites for hydroxylation is 1. The molecule has 0 aliphatic rings. The van der Waals surface area contributed by atoms with Crippen molar-refractivity contribution < 1.29 is 9.66 Å². The van der Waals surface area contributed by atoms with Gasteiger partial charge in [-0.25, -0.2) is 0 Å². The third-order valence-electron chi connectivity index (χ3n) is 3.99. The number of nitrogens with zero attached hydrogens (tertiary/aromatic N) is 1. The van der Waals surface area contributed by atoms with Crippen molar-refractivity contribution in [3.05, 3.63) is 75.3 Å². The lowest BCUT2D eigenvalue weighted by atomic mass is 9.84. The van der Waals surface area contributed by atoms with E-state index in [1.807, 2.05) is 62.4 Å². The van der Waals surface area contributed by atoms with Gasteiger partial charge in [0.05, 0.1) is 13.0 Å². The fraction of sp³-hybridized carbons (Fsp3) is 0.333. The van der Waals surface area contributed by atoms with E-state index >= 15 is 0 Å². The third-order valence-corrected chi connectivity index (χ3v) is 3.99. The Hall–Kier alpha value is -2.36. The molecule has 0 aliphatic carbocycles. The SMILES string of the molecule is CCC(C(c1ccc(C)cc1)c1ccc(OC)cc1)[N+](=O)[O-]. The van der Waals surface area contributed by atoms with Gasteiger partial charge in [-0.15, -0.1) is 0 Å². The molecule has 0 fully saturated rings. The number of hydrogen-bond donors (Lipinski definition) is 0. The average molecular weight is 299 g/mol. The molecule has 0 N–H and O–H groups in total. The second-order valence-corrected chi connectivity index (χ2v) is 5.42. The van der Waals surface area contributed by atoms with Crippen molar-refractivity contribution in [3.8, 4) is 5.75 Å². The summed E-state index contributed by atoms with van der Waals surface area (Å²) >= 11 is 0. The standard InChI is InChI=1S/C18H21NO3/c1-4-17(19(20)21)18(14-7-5-13(2)6-8-14)15-9-11-16(22-3)12-10-15/h5-12,17-18H,4H2,1-3H3. The zero-order valence-electron chi connectivity index (χ0n) is 13.2. The zero-order chi connectivity index (χ0) is 16.1. The lowest BCUT2D eigenvalue weighted by molar-refractivity contribution is -0.525. The molecule has 0 bridgehead atoms.